The summed E-state index contributed by atoms with van der Waals surface area (Å²) in [5, 5.41) is 4.11. The molecule has 0 aliphatic carbocycles. The molecule has 3 heterocycles. The van der Waals surface area contributed by atoms with E-state index in [1.165, 1.54) is 0 Å². The van der Waals surface area contributed by atoms with Gasteiger partial charge < -0.3 is 14.9 Å². The quantitative estimate of drug-likeness (QED) is 0.555. The summed E-state index contributed by atoms with van der Waals surface area (Å²) in [6.07, 6.45) is 1.79. The van der Waals surface area contributed by atoms with E-state index < -0.39 is 0 Å². The third kappa shape index (κ3) is 1.94. The highest BCUT2D eigenvalue weighted by Gasteiger charge is 2.15. The second kappa shape index (κ2) is 4.85. The van der Waals surface area contributed by atoms with Crippen LogP contribution >= 0.6 is 0 Å². The Bertz CT molecular complexity index is 1080. The Morgan fingerprint density at radius 2 is 2.17 bits per heavy atom. The molecule has 4 rings (SSSR count). The number of aryl methyl sites for hydroxylation is 1. The summed E-state index contributed by atoms with van der Waals surface area (Å²) in [7, 11) is 3.81. The minimum atomic E-state index is 0.621. The number of nitrogens with zero attached hydrogens (tertiary/aromatic N) is 4. The van der Waals surface area contributed by atoms with Crippen molar-refractivity contribution in [2.45, 2.75) is 0 Å². The van der Waals surface area contributed by atoms with Crippen LogP contribution in [0.15, 0.2) is 36.7 Å². The Balaban J connectivity index is 2.02. The number of hydrogen-bond acceptors (Lipinski definition) is 3. The lowest BCUT2D eigenvalue weighted by atomic mass is 10.1. The van der Waals surface area contributed by atoms with Crippen LogP contribution in [-0.4, -0.2) is 26.6 Å². The normalized spacial score (nSPS) is 11.0. The van der Waals surface area contributed by atoms with E-state index in [4.69, 9.17) is 6.57 Å². The van der Waals surface area contributed by atoms with Gasteiger partial charge in [-0.1, -0.05) is 18.2 Å². The van der Waals surface area contributed by atoms with Crippen molar-refractivity contribution in [1.29, 1.82) is 0 Å². The number of nitrogens with one attached hydrogen (secondary N) is 2. The van der Waals surface area contributed by atoms with Gasteiger partial charge in [-0.25, -0.2) is 14.8 Å². The number of pyridine rings is 1. The molecule has 0 unspecified atom stereocenters. The van der Waals surface area contributed by atoms with Crippen LogP contribution in [0.2, 0.25) is 0 Å². The second-order valence-electron chi connectivity index (χ2n) is 5.37. The summed E-state index contributed by atoms with van der Waals surface area (Å²) in [5.41, 5.74) is 5.21. The molecule has 0 radical (unpaired) electrons. The Morgan fingerprint density at radius 1 is 1.30 bits per heavy atom. The van der Waals surface area contributed by atoms with E-state index >= 15 is 0 Å². The molecule has 23 heavy (non-hydrogen) atoms. The average molecular weight is 302 g/mol. The molecule has 0 bridgehead atoms. The van der Waals surface area contributed by atoms with E-state index in [1.54, 1.807) is 12.4 Å². The van der Waals surface area contributed by atoms with Crippen molar-refractivity contribution in [2.24, 2.45) is 7.05 Å². The molecule has 0 fully saturated rings. The molecule has 0 saturated carbocycles. The first-order valence-electron chi connectivity index (χ1n) is 7.20. The average Bonchev–Trinajstić information content (AvgIpc) is 3.17. The van der Waals surface area contributed by atoms with Gasteiger partial charge in [-0.2, -0.15) is 0 Å². The number of benzene rings is 1. The number of aromatic amines is 1. The molecule has 0 saturated heterocycles. The zero-order valence-corrected chi connectivity index (χ0v) is 12.8. The molecule has 0 amide bonds. The van der Waals surface area contributed by atoms with E-state index in [2.05, 4.69) is 31.2 Å². The molecule has 0 aliphatic heterocycles. The van der Waals surface area contributed by atoms with Gasteiger partial charge in [-0.05, 0) is 17.7 Å². The zero-order chi connectivity index (χ0) is 16.0. The highest BCUT2D eigenvalue weighted by Crippen LogP contribution is 2.32. The topological polar surface area (TPSA) is 62.9 Å². The number of rotatable bonds is 2. The fraction of sp³-hybridized carbons (Fsp3) is 0.118. The van der Waals surface area contributed by atoms with Crippen molar-refractivity contribution in [3.8, 4) is 11.3 Å². The first-order chi connectivity index (χ1) is 11.2. The van der Waals surface area contributed by atoms with Gasteiger partial charge in [-0.3, -0.25) is 0 Å². The Kier molecular flexibility index (Phi) is 2.81. The van der Waals surface area contributed by atoms with Crippen LogP contribution in [-0.2, 0) is 7.05 Å². The molecule has 0 spiro atoms. The molecule has 2 N–H and O–H groups in total. The lowest BCUT2D eigenvalue weighted by molar-refractivity contribution is 0.951. The SMILES string of the molecule is [C-]#[N+]c1cccc(-c2cc3c(nc(NC)c4ncn(C)c43)[nH]2)c1. The maximum atomic E-state index is 7.16. The molecule has 6 nitrogen and oxygen atoms in total. The lowest BCUT2D eigenvalue weighted by Gasteiger charge is -2.02. The predicted octanol–water partition coefficient (Wildman–Crippen LogP) is 3.71. The first kappa shape index (κ1) is 13.3. The zero-order valence-electron chi connectivity index (χ0n) is 12.8. The molecule has 4 aromatic rings. The highest BCUT2D eigenvalue weighted by atomic mass is 15.1. The third-order valence-corrected chi connectivity index (χ3v) is 3.96. The van der Waals surface area contributed by atoms with Gasteiger partial charge in [0.2, 0.25) is 0 Å². The van der Waals surface area contributed by atoms with Gasteiger partial charge in [0.05, 0.1) is 18.4 Å². The monoisotopic (exact) mass is 302 g/mol. The van der Waals surface area contributed by atoms with Gasteiger partial charge in [0.15, 0.2) is 11.5 Å². The molecule has 0 atom stereocenters. The highest BCUT2D eigenvalue weighted by molar-refractivity contribution is 6.07. The van der Waals surface area contributed by atoms with Crippen LogP contribution in [0.1, 0.15) is 0 Å². The molecular formula is C17H14N6. The maximum absolute atomic E-state index is 7.16. The molecular weight excluding hydrogens is 288 g/mol. The van der Waals surface area contributed by atoms with Crippen LogP contribution in [0.25, 0.3) is 38.2 Å². The first-order valence-corrected chi connectivity index (χ1v) is 7.20. The fourth-order valence-electron chi connectivity index (χ4n) is 2.87. The van der Waals surface area contributed by atoms with Crippen molar-refractivity contribution < 1.29 is 0 Å². The van der Waals surface area contributed by atoms with E-state index in [-0.39, 0.29) is 0 Å². The summed E-state index contributed by atoms with van der Waals surface area (Å²) in [4.78, 5) is 15.9. The Labute approximate surface area is 132 Å². The van der Waals surface area contributed by atoms with E-state index in [0.29, 0.717) is 5.69 Å². The number of H-pyrrole nitrogens is 1. The standard InChI is InChI=1S/C17H14N6/c1-18-11-6-4-5-10(7-11)13-8-12-15-14(20-9-23(15)3)17(19-2)22-16(12)21-13/h4-9H,2-3H3,(H2,19,21,22). The number of fused-ring (bicyclic) bond motifs is 3. The van der Waals surface area contributed by atoms with Crippen molar-refractivity contribution in [3.63, 3.8) is 0 Å². The largest absolute Gasteiger partial charge is 0.371 e. The van der Waals surface area contributed by atoms with Gasteiger partial charge in [-0.15, -0.1) is 0 Å². The maximum Gasteiger partial charge on any atom is 0.187 e. The van der Waals surface area contributed by atoms with Crippen LogP contribution < -0.4 is 5.32 Å². The summed E-state index contributed by atoms with van der Waals surface area (Å²) in [6.45, 7) is 7.16. The predicted molar refractivity (Wildman–Crippen MR) is 91.6 cm³/mol. The minimum absolute atomic E-state index is 0.621. The lowest BCUT2D eigenvalue weighted by Crippen LogP contribution is -1.95. The number of aromatic nitrogens is 4. The van der Waals surface area contributed by atoms with Crippen LogP contribution in [0.3, 0.4) is 0 Å². The van der Waals surface area contributed by atoms with Crippen LogP contribution in [0, 0.1) is 6.57 Å². The minimum Gasteiger partial charge on any atom is -0.371 e. The van der Waals surface area contributed by atoms with E-state index in [1.807, 2.05) is 36.9 Å². The molecule has 6 heteroatoms. The second-order valence-corrected chi connectivity index (χ2v) is 5.37. The van der Waals surface area contributed by atoms with E-state index in [0.717, 1.165) is 39.1 Å². The molecule has 1 aromatic carbocycles. The Hall–Kier alpha value is -3.33. The van der Waals surface area contributed by atoms with Crippen molar-refractivity contribution in [1.82, 2.24) is 19.5 Å². The third-order valence-electron chi connectivity index (χ3n) is 3.96. The van der Waals surface area contributed by atoms with Gasteiger partial charge in [0.1, 0.15) is 11.2 Å². The molecule has 3 aromatic heterocycles. The number of imidazole rings is 1. The number of hydrogen-bond donors (Lipinski definition) is 2. The van der Waals surface area contributed by atoms with Crippen molar-refractivity contribution in [2.75, 3.05) is 12.4 Å². The van der Waals surface area contributed by atoms with Gasteiger partial charge >= 0.3 is 0 Å². The van der Waals surface area contributed by atoms with Crippen molar-refractivity contribution >= 4 is 33.6 Å². The Morgan fingerprint density at radius 3 is 2.96 bits per heavy atom. The summed E-state index contributed by atoms with van der Waals surface area (Å²) >= 11 is 0. The van der Waals surface area contributed by atoms with Gasteiger partial charge in [0.25, 0.3) is 0 Å². The van der Waals surface area contributed by atoms with E-state index in [9.17, 15) is 0 Å². The van der Waals surface area contributed by atoms with Crippen molar-refractivity contribution in [3.05, 3.63) is 48.1 Å². The smallest absolute Gasteiger partial charge is 0.187 e. The van der Waals surface area contributed by atoms with Crippen LogP contribution in [0.5, 0.6) is 0 Å². The summed E-state index contributed by atoms with van der Waals surface area (Å²) in [5.74, 6) is 0.747. The van der Waals surface area contributed by atoms with Crippen LogP contribution in [0.4, 0.5) is 11.5 Å². The molecule has 0 aliphatic rings. The number of anilines is 1. The summed E-state index contributed by atoms with van der Waals surface area (Å²) < 4.78 is 1.99. The van der Waals surface area contributed by atoms with Gasteiger partial charge in [0, 0.05) is 25.2 Å². The summed E-state index contributed by atoms with van der Waals surface area (Å²) in [6, 6.07) is 9.61. The molecule has 112 valence electrons. The fourth-order valence-corrected chi connectivity index (χ4v) is 2.87.